The van der Waals surface area contributed by atoms with Gasteiger partial charge in [-0.15, -0.1) is 0 Å². The Kier molecular flexibility index (Phi) is 2.57. The van der Waals surface area contributed by atoms with Crippen molar-refractivity contribution in [1.82, 2.24) is 0 Å². The van der Waals surface area contributed by atoms with E-state index in [9.17, 15) is 14.7 Å². The molecule has 1 aromatic carbocycles. The highest BCUT2D eigenvalue weighted by molar-refractivity contribution is 6.28. The minimum Gasteiger partial charge on any atom is -0.507 e. The number of ketones is 2. The maximum atomic E-state index is 12.5. The van der Waals surface area contributed by atoms with Gasteiger partial charge in [-0.05, 0) is 19.9 Å². The van der Waals surface area contributed by atoms with Gasteiger partial charge in [-0.25, -0.2) is 0 Å². The van der Waals surface area contributed by atoms with Gasteiger partial charge in [-0.3, -0.25) is 9.59 Å². The molecule has 1 N–H and O–H groups in total. The first-order valence-electron chi connectivity index (χ1n) is 6.30. The fourth-order valence-corrected chi connectivity index (χ4v) is 2.91. The number of phenols is 1. The Morgan fingerprint density at radius 3 is 2.68 bits per heavy atom. The van der Waals surface area contributed by atoms with Crippen molar-refractivity contribution >= 4 is 11.6 Å². The summed E-state index contributed by atoms with van der Waals surface area (Å²) in [5.41, 5.74) is 1.34. The zero-order chi connectivity index (χ0) is 13.7. The van der Waals surface area contributed by atoms with Gasteiger partial charge in [0.15, 0.2) is 11.6 Å². The number of benzene rings is 1. The van der Waals surface area contributed by atoms with Gasteiger partial charge in [0.2, 0.25) is 0 Å². The minimum absolute atomic E-state index is 0.0793. The molecule has 0 unspecified atom stereocenters. The molecular weight excluding hydrogens is 244 g/mol. The minimum atomic E-state index is -0.414. The smallest absolute Gasteiger partial charge is 0.196 e. The van der Waals surface area contributed by atoms with Crippen molar-refractivity contribution in [3.8, 4) is 5.75 Å². The summed E-state index contributed by atoms with van der Waals surface area (Å²) in [6.45, 7) is 3.65. The van der Waals surface area contributed by atoms with Crippen LogP contribution in [0.4, 0.5) is 0 Å². The zero-order valence-corrected chi connectivity index (χ0v) is 10.8. The Hall–Kier alpha value is -1.94. The molecule has 19 heavy (non-hydrogen) atoms. The molecule has 0 radical (unpaired) electrons. The van der Waals surface area contributed by atoms with Crippen LogP contribution in [0.2, 0.25) is 0 Å². The van der Waals surface area contributed by atoms with Gasteiger partial charge in [0.05, 0.1) is 17.8 Å². The van der Waals surface area contributed by atoms with Crippen LogP contribution in [0.25, 0.3) is 0 Å². The molecule has 98 valence electrons. The molecule has 3 rings (SSSR count). The van der Waals surface area contributed by atoms with Crippen LogP contribution in [0, 0.1) is 0 Å². The number of hydrogen-bond donors (Lipinski definition) is 1. The maximum absolute atomic E-state index is 12.5. The number of rotatable bonds is 0. The maximum Gasteiger partial charge on any atom is 0.196 e. The number of aromatic hydroxyl groups is 1. The van der Waals surface area contributed by atoms with Gasteiger partial charge in [0, 0.05) is 23.1 Å². The SMILES string of the molecule is C[C@@H]1O[C@@H](C)CC2=C1C(=O)c1c(O)cccc1C2=O. The first kappa shape index (κ1) is 12.1. The Morgan fingerprint density at radius 2 is 1.95 bits per heavy atom. The molecule has 1 heterocycles. The van der Waals surface area contributed by atoms with Crippen molar-refractivity contribution in [1.29, 1.82) is 0 Å². The molecule has 2 aliphatic rings. The van der Waals surface area contributed by atoms with Crippen LogP contribution in [0.5, 0.6) is 5.75 Å². The monoisotopic (exact) mass is 258 g/mol. The number of carbonyl (C=O) groups is 2. The van der Waals surface area contributed by atoms with Crippen molar-refractivity contribution in [3.05, 3.63) is 40.5 Å². The van der Waals surface area contributed by atoms with E-state index in [1.165, 1.54) is 6.07 Å². The van der Waals surface area contributed by atoms with Crippen molar-refractivity contribution in [2.75, 3.05) is 0 Å². The van der Waals surface area contributed by atoms with E-state index in [-0.39, 0.29) is 29.0 Å². The molecular formula is C15H14O4. The number of hydrogen-bond acceptors (Lipinski definition) is 4. The second-order valence-corrected chi connectivity index (χ2v) is 5.04. The molecule has 0 saturated heterocycles. The summed E-state index contributed by atoms with van der Waals surface area (Å²) >= 11 is 0. The Balaban J connectivity index is 2.24. The summed E-state index contributed by atoms with van der Waals surface area (Å²) in [7, 11) is 0. The highest BCUT2D eigenvalue weighted by Gasteiger charge is 2.39. The predicted octanol–water partition coefficient (Wildman–Crippen LogP) is 2.27. The predicted molar refractivity (Wildman–Crippen MR) is 68.4 cm³/mol. The number of ether oxygens (including phenoxy) is 1. The van der Waals surface area contributed by atoms with Crippen molar-refractivity contribution < 1.29 is 19.4 Å². The molecule has 4 nitrogen and oxygen atoms in total. The second kappa shape index (κ2) is 4.03. The summed E-state index contributed by atoms with van der Waals surface area (Å²) < 4.78 is 5.62. The van der Waals surface area contributed by atoms with Gasteiger partial charge < -0.3 is 9.84 Å². The lowest BCUT2D eigenvalue weighted by Gasteiger charge is -2.32. The van der Waals surface area contributed by atoms with E-state index in [2.05, 4.69) is 0 Å². The van der Waals surface area contributed by atoms with Crippen LogP contribution in [0.1, 0.15) is 41.0 Å². The normalized spacial score (nSPS) is 26.2. The highest BCUT2D eigenvalue weighted by Crippen LogP contribution is 2.38. The lowest BCUT2D eigenvalue weighted by molar-refractivity contribution is 0.0148. The Morgan fingerprint density at radius 1 is 1.21 bits per heavy atom. The van der Waals surface area contributed by atoms with E-state index in [0.29, 0.717) is 23.1 Å². The second-order valence-electron chi connectivity index (χ2n) is 5.04. The fraction of sp³-hybridized carbons (Fsp3) is 0.333. The number of Topliss-reactive ketones (excluding diaryl/α,β-unsaturated/α-hetero) is 2. The molecule has 1 aliphatic carbocycles. The quantitative estimate of drug-likeness (QED) is 0.775. The molecule has 0 saturated carbocycles. The van der Waals surface area contributed by atoms with Crippen molar-refractivity contribution in [3.63, 3.8) is 0 Å². The average molecular weight is 258 g/mol. The first-order valence-corrected chi connectivity index (χ1v) is 6.30. The number of carbonyl (C=O) groups excluding carboxylic acids is 2. The van der Waals surface area contributed by atoms with Gasteiger partial charge in [0.25, 0.3) is 0 Å². The molecule has 0 aromatic heterocycles. The van der Waals surface area contributed by atoms with Crippen LogP contribution >= 0.6 is 0 Å². The fourth-order valence-electron chi connectivity index (χ4n) is 2.91. The first-order chi connectivity index (χ1) is 9.00. The topological polar surface area (TPSA) is 63.6 Å². The van der Waals surface area contributed by atoms with Crippen LogP contribution in [-0.4, -0.2) is 28.9 Å². The summed E-state index contributed by atoms with van der Waals surface area (Å²) in [5.74, 6) is -0.599. The van der Waals surface area contributed by atoms with Crippen molar-refractivity contribution in [2.24, 2.45) is 0 Å². The molecule has 1 aliphatic heterocycles. The standard InChI is InChI=1S/C15H14O4/c1-7-6-10-12(8(2)19-7)15(18)13-9(14(10)17)4-3-5-11(13)16/h3-5,7-8,16H,6H2,1-2H3/t7-,8-/m0/s1. The van der Waals surface area contributed by atoms with E-state index in [0.717, 1.165) is 0 Å². The van der Waals surface area contributed by atoms with E-state index >= 15 is 0 Å². The third-order valence-electron chi connectivity index (χ3n) is 3.69. The van der Waals surface area contributed by atoms with Gasteiger partial charge in [-0.2, -0.15) is 0 Å². The van der Waals surface area contributed by atoms with Crippen LogP contribution in [-0.2, 0) is 4.74 Å². The molecule has 0 bridgehead atoms. The molecule has 2 atom stereocenters. The number of phenolic OH excluding ortho intramolecular Hbond substituents is 1. The van der Waals surface area contributed by atoms with E-state index < -0.39 is 6.10 Å². The third kappa shape index (κ3) is 1.64. The van der Waals surface area contributed by atoms with Crippen LogP contribution in [0.3, 0.4) is 0 Å². The van der Waals surface area contributed by atoms with E-state index in [1.54, 1.807) is 19.1 Å². The van der Waals surface area contributed by atoms with Crippen LogP contribution in [0.15, 0.2) is 29.3 Å². The summed E-state index contributed by atoms with van der Waals surface area (Å²) in [6.07, 6.45) is -0.0494. The number of fused-ring (bicyclic) bond motifs is 1. The molecule has 0 spiro atoms. The van der Waals surface area contributed by atoms with Gasteiger partial charge in [-0.1, -0.05) is 12.1 Å². The van der Waals surface area contributed by atoms with E-state index in [4.69, 9.17) is 4.74 Å². The van der Waals surface area contributed by atoms with E-state index in [1.807, 2.05) is 6.92 Å². The third-order valence-corrected chi connectivity index (χ3v) is 3.69. The molecule has 4 heteroatoms. The van der Waals surface area contributed by atoms with Crippen LogP contribution < -0.4 is 0 Å². The zero-order valence-electron chi connectivity index (χ0n) is 10.8. The molecule has 0 amide bonds. The summed E-state index contributed by atoms with van der Waals surface area (Å²) in [4.78, 5) is 24.9. The van der Waals surface area contributed by atoms with Crippen molar-refractivity contribution in [2.45, 2.75) is 32.5 Å². The Labute approximate surface area is 110 Å². The Bertz CT molecular complexity index is 627. The summed E-state index contributed by atoms with van der Waals surface area (Å²) in [6, 6.07) is 4.59. The average Bonchev–Trinajstić information content (AvgIpc) is 2.34. The lowest BCUT2D eigenvalue weighted by atomic mass is 9.78. The lowest BCUT2D eigenvalue weighted by Crippen LogP contribution is -2.36. The van der Waals surface area contributed by atoms with Gasteiger partial charge in [0.1, 0.15) is 5.75 Å². The largest absolute Gasteiger partial charge is 0.507 e. The highest BCUT2D eigenvalue weighted by atomic mass is 16.5. The molecule has 0 fully saturated rings. The summed E-state index contributed by atoms with van der Waals surface area (Å²) in [5, 5.41) is 9.84. The molecule has 1 aromatic rings. The van der Waals surface area contributed by atoms with Gasteiger partial charge >= 0.3 is 0 Å².